The highest BCUT2D eigenvalue weighted by atomic mass is 32.1. The fourth-order valence-corrected chi connectivity index (χ4v) is 4.25. The van der Waals surface area contributed by atoms with Crippen LogP contribution in [0.5, 0.6) is 0 Å². The minimum Gasteiger partial charge on any atom is -0.466 e. The molecule has 0 aliphatic carbocycles. The van der Waals surface area contributed by atoms with Gasteiger partial charge < -0.3 is 9.64 Å². The van der Waals surface area contributed by atoms with Crippen LogP contribution in [0.15, 0.2) is 29.1 Å². The second kappa shape index (κ2) is 7.71. The van der Waals surface area contributed by atoms with Crippen LogP contribution in [0.1, 0.15) is 30.1 Å². The van der Waals surface area contributed by atoms with Gasteiger partial charge in [-0.05, 0) is 37.3 Å². The number of nitrogens with zero attached hydrogens (tertiary/aromatic N) is 4. The molecule has 146 valence electrons. The van der Waals surface area contributed by atoms with Crippen LogP contribution in [0.25, 0.3) is 22.3 Å². The van der Waals surface area contributed by atoms with Crippen molar-refractivity contribution in [2.24, 2.45) is 13.0 Å². The molecular weight excluding hydrogens is 376 g/mol. The van der Waals surface area contributed by atoms with Gasteiger partial charge in [0.1, 0.15) is 0 Å². The maximum Gasteiger partial charge on any atom is 0.309 e. The number of ether oxygens (including phenoxy) is 1. The smallest absolute Gasteiger partial charge is 0.309 e. The van der Waals surface area contributed by atoms with Gasteiger partial charge >= 0.3 is 5.97 Å². The first-order chi connectivity index (χ1) is 13.6. The molecule has 0 unspecified atom stereocenters. The third-order valence-corrected chi connectivity index (χ3v) is 5.84. The Balaban J connectivity index is 1.62. The van der Waals surface area contributed by atoms with Crippen LogP contribution in [-0.2, 0) is 16.6 Å². The number of piperidine rings is 1. The number of pyridine rings is 1. The highest BCUT2D eigenvalue weighted by molar-refractivity contribution is 7.08. The maximum atomic E-state index is 13.3. The van der Waals surface area contributed by atoms with Gasteiger partial charge in [-0.1, -0.05) is 0 Å². The molecule has 28 heavy (non-hydrogen) atoms. The van der Waals surface area contributed by atoms with Gasteiger partial charge in [0.05, 0.1) is 35.4 Å². The molecule has 0 N–H and O–H groups in total. The largest absolute Gasteiger partial charge is 0.466 e. The van der Waals surface area contributed by atoms with Crippen molar-refractivity contribution in [2.45, 2.75) is 19.8 Å². The van der Waals surface area contributed by atoms with E-state index in [1.54, 1.807) is 22.2 Å². The predicted molar refractivity (Wildman–Crippen MR) is 107 cm³/mol. The molecule has 1 fully saturated rings. The Morgan fingerprint density at radius 2 is 2.11 bits per heavy atom. The Bertz CT molecular complexity index is 1000. The lowest BCUT2D eigenvalue weighted by Gasteiger charge is -2.31. The van der Waals surface area contributed by atoms with Gasteiger partial charge in [-0.15, -0.1) is 0 Å². The monoisotopic (exact) mass is 398 g/mol. The van der Waals surface area contributed by atoms with E-state index in [1.807, 2.05) is 41.8 Å². The molecule has 0 spiro atoms. The fraction of sp³-hybridized carbons (Fsp3) is 0.400. The Labute approximate surface area is 166 Å². The first-order valence-electron chi connectivity index (χ1n) is 9.39. The molecule has 1 aliphatic rings. The van der Waals surface area contributed by atoms with Crippen LogP contribution in [0, 0.1) is 5.92 Å². The number of aromatic nitrogens is 3. The van der Waals surface area contributed by atoms with Gasteiger partial charge in [0.25, 0.3) is 5.91 Å². The number of amides is 1. The summed E-state index contributed by atoms with van der Waals surface area (Å²) in [7, 11) is 1.83. The summed E-state index contributed by atoms with van der Waals surface area (Å²) >= 11 is 1.59. The van der Waals surface area contributed by atoms with E-state index in [-0.39, 0.29) is 17.8 Å². The van der Waals surface area contributed by atoms with E-state index >= 15 is 0 Å². The topological polar surface area (TPSA) is 77.3 Å². The third kappa shape index (κ3) is 3.40. The highest BCUT2D eigenvalue weighted by Gasteiger charge is 2.30. The summed E-state index contributed by atoms with van der Waals surface area (Å²) in [4.78, 5) is 31.8. The zero-order chi connectivity index (χ0) is 19.7. The lowest BCUT2D eigenvalue weighted by Crippen LogP contribution is -2.40. The van der Waals surface area contributed by atoms with Crippen molar-refractivity contribution < 1.29 is 14.3 Å². The van der Waals surface area contributed by atoms with Crippen molar-refractivity contribution in [3.8, 4) is 11.3 Å². The average molecular weight is 398 g/mol. The van der Waals surface area contributed by atoms with Crippen molar-refractivity contribution in [3.05, 3.63) is 34.7 Å². The second-order valence-corrected chi connectivity index (χ2v) is 7.67. The molecule has 0 atom stereocenters. The quantitative estimate of drug-likeness (QED) is 0.631. The Morgan fingerprint density at radius 3 is 2.79 bits per heavy atom. The minimum absolute atomic E-state index is 0.0424. The van der Waals surface area contributed by atoms with E-state index in [9.17, 15) is 9.59 Å². The van der Waals surface area contributed by atoms with Crippen LogP contribution in [-0.4, -0.2) is 51.2 Å². The van der Waals surface area contributed by atoms with Crippen LogP contribution in [0.4, 0.5) is 0 Å². The van der Waals surface area contributed by atoms with Gasteiger partial charge in [0.2, 0.25) is 0 Å². The molecule has 0 aromatic carbocycles. The Morgan fingerprint density at radius 1 is 1.32 bits per heavy atom. The van der Waals surface area contributed by atoms with E-state index < -0.39 is 0 Å². The van der Waals surface area contributed by atoms with E-state index in [4.69, 9.17) is 9.72 Å². The lowest BCUT2D eigenvalue weighted by molar-refractivity contribution is -0.149. The maximum absolute atomic E-state index is 13.3. The molecule has 4 rings (SSSR count). The summed E-state index contributed by atoms with van der Waals surface area (Å²) in [5.74, 6) is -0.326. The zero-order valence-corrected chi connectivity index (χ0v) is 16.7. The molecule has 0 saturated carbocycles. The third-order valence-electron chi connectivity index (χ3n) is 5.15. The second-order valence-electron chi connectivity index (χ2n) is 6.89. The van der Waals surface area contributed by atoms with Crippen LogP contribution in [0.2, 0.25) is 0 Å². The van der Waals surface area contributed by atoms with Gasteiger partial charge in [0.15, 0.2) is 5.65 Å². The van der Waals surface area contributed by atoms with Crippen molar-refractivity contribution in [1.82, 2.24) is 19.7 Å². The number of carbonyl (C=O) groups is 2. The van der Waals surface area contributed by atoms with Crippen molar-refractivity contribution >= 4 is 34.2 Å². The van der Waals surface area contributed by atoms with Gasteiger partial charge in [-0.3, -0.25) is 14.3 Å². The number of hydrogen-bond donors (Lipinski definition) is 0. The molecule has 1 saturated heterocycles. The van der Waals surface area contributed by atoms with Crippen molar-refractivity contribution in [1.29, 1.82) is 0 Å². The lowest BCUT2D eigenvalue weighted by atomic mass is 9.96. The van der Waals surface area contributed by atoms with Crippen molar-refractivity contribution in [3.63, 3.8) is 0 Å². The van der Waals surface area contributed by atoms with Gasteiger partial charge in [-0.2, -0.15) is 16.4 Å². The SMILES string of the molecule is CCOC(=O)C1CCN(C(=O)c2cc(-c3ccsc3)nc3c2cnn3C)CC1. The summed E-state index contributed by atoms with van der Waals surface area (Å²) in [5, 5.41) is 9.05. The highest BCUT2D eigenvalue weighted by Crippen LogP contribution is 2.28. The number of likely N-dealkylation sites (tertiary alicyclic amines) is 1. The van der Waals surface area contributed by atoms with E-state index in [1.165, 1.54) is 0 Å². The molecule has 1 aliphatic heterocycles. The normalized spacial score (nSPS) is 15.1. The predicted octanol–water partition coefficient (Wildman–Crippen LogP) is 3.11. The van der Waals surface area contributed by atoms with Gasteiger partial charge in [0, 0.05) is 31.1 Å². The first-order valence-corrected chi connectivity index (χ1v) is 10.3. The fourth-order valence-electron chi connectivity index (χ4n) is 3.60. The number of hydrogen-bond acceptors (Lipinski definition) is 6. The Kier molecular flexibility index (Phi) is 5.13. The summed E-state index contributed by atoms with van der Waals surface area (Å²) in [6.45, 7) is 3.28. The van der Waals surface area contributed by atoms with Crippen LogP contribution < -0.4 is 0 Å². The molecule has 7 nitrogen and oxygen atoms in total. The molecule has 8 heteroatoms. The summed E-state index contributed by atoms with van der Waals surface area (Å²) in [5.41, 5.74) is 3.05. The van der Waals surface area contributed by atoms with Gasteiger partial charge in [-0.25, -0.2) is 4.98 Å². The number of carbonyl (C=O) groups excluding carboxylic acids is 2. The van der Waals surface area contributed by atoms with E-state index in [2.05, 4.69) is 5.10 Å². The number of aryl methyl sites for hydroxylation is 1. The average Bonchev–Trinajstić information content (AvgIpc) is 3.38. The molecule has 0 bridgehead atoms. The standard InChI is InChI=1S/C20H22N4O3S/c1-3-27-20(26)13-4-7-24(8-5-13)19(25)15-10-17(14-6-9-28-12-14)22-18-16(15)11-21-23(18)2/h6,9-13H,3-5,7-8H2,1-2H3. The Hall–Kier alpha value is -2.74. The number of esters is 1. The van der Waals surface area contributed by atoms with Crippen molar-refractivity contribution in [2.75, 3.05) is 19.7 Å². The summed E-state index contributed by atoms with van der Waals surface area (Å²) in [6, 6.07) is 3.85. The van der Waals surface area contributed by atoms with Crippen LogP contribution in [0.3, 0.4) is 0 Å². The molecular formula is C20H22N4O3S. The molecule has 4 heterocycles. The molecule has 0 radical (unpaired) electrons. The first kappa shape index (κ1) is 18.6. The number of thiophene rings is 1. The summed E-state index contributed by atoms with van der Waals surface area (Å²) in [6.07, 6.45) is 2.95. The minimum atomic E-state index is -0.159. The van der Waals surface area contributed by atoms with E-state index in [0.717, 1.165) is 16.6 Å². The zero-order valence-electron chi connectivity index (χ0n) is 15.9. The van der Waals surface area contributed by atoms with E-state index in [0.29, 0.717) is 43.7 Å². The molecule has 3 aromatic rings. The number of rotatable bonds is 4. The molecule has 3 aromatic heterocycles. The number of fused-ring (bicyclic) bond motifs is 1. The van der Waals surface area contributed by atoms with Crippen LogP contribution >= 0.6 is 11.3 Å². The summed E-state index contributed by atoms with van der Waals surface area (Å²) < 4.78 is 6.81. The molecule has 1 amide bonds.